The lowest BCUT2D eigenvalue weighted by Crippen LogP contribution is -2.55. The molecule has 4 nitrogen and oxygen atoms in total. The third-order valence-corrected chi connectivity index (χ3v) is 9.22. The quantitative estimate of drug-likeness (QED) is 0.441. The highest BCUT2D eigenvalue weighted by Gasteiger charge is 2.60. The van der Waals surface area contributed by atoms with Crippen LogP contribution in [-0.4, -0.2) is 10.5 Å². The maximum Gasteiger partial charge on any atom is 0.259 e. The van der Waals surface area contributed by atoms with Crippen molar-refractivity contribution in [3.05, 3.63) is 76.7 Å². The first-order valence-electron chi connectivity index (χ1n) is 13.2. The van der Waals surface area contributed by atoms with Gasteiger partial charge in [-0.2, -0.15) is 0 Å². The zero-order valence-electron chi connectivity index (χ0n) is 21.1. The Balaban J connectivity index is 1.26. The average Bonchev–Trinajstić information content (AvgIpc) is 2.77. The summed E-state index contributed by atoms with van der Waals surface area (Å²) in [6.07, 6.45) is 9.99. The molecule has 1 N–H and O–H groups in total. The van der Waals surface area contributed by atoms with Gasteiger partial charge < -0.3 is 9.88 Å². The van der Waals surface area contributed by atoms with Crippen LogP contribution in [0.1, 0.15) is 77.3 Å². The predicted octanol–water partition coefficient (Wildman–Crippen LogP) is 6.94. The topological polar surface area (TPSA) is 51.1 Å². The molecular formula is C31H36N2O2. The summed E-state index contributed by atoms with van der Waals surface area (Å²) < 4.78 is 1.78. The van der Waals surface area contributed by atoms with Crippen molar-refractivity contribution in [1.82, 2.24) is 4.57 Å². The molecule has 0 radical (unpaired) electrons. The van der Waals surface area contributed by atoms with Crippen molar-refractivity contribution in [3.8, 4) is 0 Å². The van der Waals surface area contributed by atoms with Crippen LogP contribution in [-0.2, 0) is 4.79 Å². The van der Waals surface area contributed by atoms with Gasteiger partial charge in [-0.05, 0) is 91.4 Å². The van der Waals surface area contributed by atoms with E-state index in [1.165, 1.54) is 38.5 Å². The van der Waals surface area contributed by atoms with Crippen LogP contribution in [0.15, 0.2) is 65.6 Å². The van der Waals surface area contributed by atoms with Crippen LogP contribution in [0, 0.1) is 22.2 Å². The molecule has 4 saturated carbocycles. The normalized spacial score (nSPS) is 32.0. The first-order valence-corrected chi connectivity index (χ1v) is 13.2. The summed E-state index contributed by atoms with van der Waals surface area (Å²) in [5.74, 6) is 0.866. The van der Waals surface area contributed by atoms with Gasteiger partial charge in [-0.15, -0.1) is 0 Å². The van der Waals surface area contributed by atoms with E-state index < -0.39 is 0 Å². The average molecular weight is 469 g/mol. The van der Waals surface area contributed by atoms with E-state index in [1.807, 2.05) is 67.7 Å². The lowest BCUT2D eigenvalue weighted by atomic mass is 9.40. The SMILES string of the molecule is C[C@@H](c1ccccc1)n1ccc2c(NC(=O)CC34CC5CC(C)(CC(C)(C5)C3)C4)cccc2c1=O. The molecule has 3 aromatic rings. The smallest absolute Gasteiger partial charge is 0.259 e. The summed E-state index contributed by atoms with van der Waals surface area (Å²) in [5, 5.41) is 4.66. The van der Waals surface area contributed by atoms with Gasteiger partial charge >= 0.3 is 0 Å². The fourth-order valence-corrected chi connectivity index (χ4v) is 9.02. The molecule has 1 amide bonds. The summed E-state index contributed by atoms with van der Waals surface area (Å²) in [4.78, 5) is 26.8. The van der Waals surface area contributed by atoms with Gasteiger partial charge in [0.25, 0.3) is 5.56 Å². The molecule has 7 rings (SSSR count). The third kappa shape index (κ3) is 3.91. The second-order valence-corrected chi connectivity index (χ2v) is 12.7. The summed E-state index contributed by atoms with van der Waals surface area (Å²) in [7, 11) is 0. The molecule has 1 aromatic heterocycles. The zero-order chi connectivity index (χ0) is 24.4. The molecule has 4 bridgehead atoms. The van der Waals surface area contributed by atoms with Crippen molar-refractivity contribution in [1.29, 1.82) is 0 Å². The zero-order valence-corrected chi connectivity index (χ0v) is 21.1. The van der Waals surface area contributed by atoms with E-state index in [1.54, 1.807) is 4.57 Å². The molecule has 35 heavy (non-hydrogen) atoms. The summed E-state index contributed by atoms with van der Waals surface area (Å²) >= 11 is 0. The van der Waals surface area contributed by atoms with Crippen LogP contribution >= 0.6 is 0 Å². The van der Waals surface area contributed by atoms with Gasteiger partial charge in [0.05, 0.1) is 6.04 Å². The lowest BCUT2D eigenvalue weighted by Gasteiger charge is -2.65. The van der Waals surface area contributed by atoms with E-state index in [9.17, 15) is 9.59 Å². The van der Waals surface area contributed by atoms with Crippen molar-refractivity contribution >= 4 is 22.4 Å². The Bertz CT molecular complexity index is 1340. The second-order valence-electron chi connectivity index (χ2n) is 12.7. The summed E-state index contributed by atoms with van der Waals surface area (Å²) in [6.45, 7) is 6.95. The molecule has 0 spiro atoms. The molecule has 4 heteroatoms. The van der Waals surface area contributed by atoms with Crippen LogP contribution in [0.25, 0.3) is 10.8 Å². The van der Waals surface area contributed by atoms with E-state index in [-0.39, 0.29) is 22.9 Å². The molecule has 4 fully saturated rings. The fourth-order valence-electron chi connectivity index (χ4n) is 9.02. The Kier molecular flexibility index (Phi) is 5.04. The monoisotopic (exact) mass is 468 g/mol. The van der Waals surface area contributed by atoms with Crippen molar-refractivity contribution in [3.63, 3.8) is 0 Å². The van der Waals surface area contributed by atoms with Crippen LogP contribution in [0.4, 0.5) is 5.69 Å². The largest absolute Gasteiger partial charge is 0.325 e. The minimum Gasteiger partial charge on any atom is -0.325 e. The second kappa shape index (κ2) is 7.81. The van der Waals surface area contributed by atoms with Crippen LogP contribution in [0.5, 0.6) is 0 Å². The number of nitrogens with one attached hydrogen (secondary N) is 1. The van der Waals surface area contributed by atoms with E-state index in [0.717, 1.165) is 22.6 Å². The number of hydrogen-bond donors (Lipinski definition) is 1. The van der Waals surface area contributed by atoms with E-state index >= 15 is 0 Å². The predicted molar refractivity (Wildman–Crippen MR) is 142 cm³/mol. The number of pyridine rings is 1. The van der Waals surface area contributed by atoms with E-state index in [4.69, 9.17) is 0 Å². The molecule has 182 valence electrons. The molecular weight excluding hydrogens is 432 g/mol. The van der Waals surface area contributed by atoms with Crippen molar-refractivity contribution in [2.45, 2.75) is 71.8 Å². The number of rotatable bonds is 5. The van der Waals surface area contributed by atoms with Crippen molar-refractivity contribution in [2.24, 2.45) is 22.2 Å². The molecule has 0 saturated heterocycles. The van der Waals surface area contributed by atoms with Gasteiger partial charge in [0, 0.05) is 29.1 Å². The molecule has 4 aliphatic rings. The van der Waals surface area contributed by atoms with Crippen LogP contribution in [0.2, 0.25) is 0 Å². The fraction of sp³-hybridized carbons (Fsp3) is 0.484. The van der Waals surface area contributed by atoms with Crippen molar-refractivity contribution in [2.75, 3.05) is 5.32 Å². The minimum atomic E-state index is -0.0647. The van der Waals surface area contributed by atoms with Gasteiger partial charge in [0.1, 0.15) is 0 Å². The number of carbonyl (C=O) groups is 1. The summed E-state index contributed by atoms with van der Waals surface area (Å²) in [6, 6.07) is 17.6. The molecule has 0 aliphatic heterocycles. The minimum absolute atomic E-state index is 0.0307. The Labute approximate surface area is 207 Å². The molecule has 1 heterocycles. The number of hydrogen-bond acceptors (Lipinski definition) is 2. The third-order valence-electron chi connectivity index (χ3n) is 9.22. The molecule has 2 unspecified atom stereocenters. The number of carbonyl (C=O) groups excluding carboxylic acids is 1. The molecule has 3 atom stereocenters. The Morgan fingerprint density at radius 3 is 2.34 bits per heavy atom. The Hall–Kier alpha value is -2.88. The van der Waals surface area contributed by atoms with E-state index in [2.05, 4.69) is 19.2 Å². The van der Waals surface area contributed by atoms with Gasteiger partial charge in [0.2, 0.25) is 5.91 Å². The number of amides is 1. The van der Waals surface area contributed by atoms with Crippen LogP contribution in [0.3, 0.4) is 0 Å². The number of benzene rings is 2. The highest BCUT2D eigenvalue weighted by atomic mass is 16.1. The maximum atomic E-state index is 13.4. The number of aromatic nitrogens is 1. The standard InChI is InChI=1S/C31H36N2O2/c1-21(23-8-5-4-6-9-23)33-13-12-24-25(28(33)35)10-7-11-26(24)32-27(34)17-31-16-22-14-29(2,19-31)18-30(3,15-22)20-31/h4-13,21-22H,14-20H2,1-3H3,(H,32,34)/t21-,22?,29?,30?,31?/m0/s1. The Morgan fingerprint density at radius 1 is 0.943 bits per heavy atom. The summed E-state index contributed by atoms with van der Waals surface area (Å²) in [5.41, 5.74) is 2.73. The highest BCUT2D eigenvalue weighted by Crippen LogP contribution is 2.70. The van der Waals surface area contributed by atoms with Gasteiger partial charge in [-0.3, -0.25) is 9.59 Å². The number of fused-ring (bicyclic) bond motifs is 1. The maximum absolute atomic E-state index is 13.4. The first kappa shape index (κ1) is 22.6. The molecule has 4 aliphatic carbocycles. The van der Waals surface area contributed by atoms with Gasteiger partial charge in [0.15, 0.2) is 0 Å². The Morgan fingerprint density at radius 2 is 1.66 bits per heavy atom. The van der Waals surface area contributed by atoms with Gasteiger partial charge in [-0.1, -0.05) is 50.2 Å². The lowest BCUT2D eigenvalue weighted by molar-refractivity contribution is -0.153. The number of anilines is 1. The van der Waals surface area contributed by atoms with Crippen LogP contribution < -0.4 is 10.9 Å². The highest BCUT2D eigenvalue weighted by molar-refractivity contribution is 6.02. The number of nitrogens with zero attached hydrogens (tertiary/aromatic N) is 1. The van der Waals surface area contributed by atoms with E-state index in [0.29, 0.717) is 22.6 Å². The first-order chi connectivity index (χ1) is 16.7. The van der Waals surface area contributed by atoms with Crippen molar-refractivity contribution < 1.29 is 4.79 Å². The molecule has 2 aromatic carbocycles. The van der Waals surface area contributed by atoms with Gasteiger partial charge in [-0.25, -0.2) is 0 Å².